The fourth-order valence-corrected chi connectivity index (χ4v) is 1.55. The summed E-state index contributed by atoms with van der Waals surface area (Å²) >= 11 is 0. The first-order valence-corrected chi connectivity index (χ1v) is 5.49. The molecule has 0 spiro atoms. The van der Waals surface area contributed by atoms with Crippen LogP contribution in [-0.4, -0.2) is 14.9 Å². The molecule has 86 valence electrons. The molecule has 3 nitrogen and oxygen atoms in total. The molecule has 1 atom stereocenters. The van der Waals surface area contributed by atoms with Crippen LogP contribution in [0.1, 0.15) is 25.0 Å². The summed E-state index contributed by atoms with van der Waals surface area (Å²) in [6.07, 6.45) is 3.38. The summed E-state index contributed by atoms with van der Waals surface area (Å²) < 4.78 is 1.75. The summed E-state index contributed by atoms with van der Waals surface area (Å²) in [6, 6.07) is 9.80. The third-order valence-electron chi connectivity index (χ3n) is 2.48. The van der Waals surface area contributed by atoms with Crippen molar-refractivity contribution in [2.45, 2.75) is 19.4 Å². The Labute approximate surface area is 101 Å². The Bertz CT molecular complexity index is 534. The van der Waals surface area contributed by atoms with Gasteiger partial charge in [-0.25, -0.2) is 4.68 Å². The van der Waals surface area contributed by atoms with Crippen molar-refractivity contribution < 1.29 is 5.11 Å². The Morgan fingerprint density at radius 1 is 1.35 bits per heavy atom. The topological polar surface area (TPSA) is 38.1 Å². The van der Waals surface area contributed by atoms with Crippen molar-refractivity contribution in [3.05, 3.63) is 48.3 Å². The number of hydrogen-bond donors (Lipinski definition) is 1. The molecular formula is C14H14N2O. The predicted octanol–water partition coefficient (Wildman–Crippen LogP) is 2.32. The normalized spacial score (nSPS) is 11.6. The Morgan fingerprint density at radius 2 is 2.12 bits per heavy atom. The number of nitrogens with zero attached hydrogens (tertiary/aromatic N) is 2. The van der Waals surface area contributed by atoms with E-state index >= 15 is 0 Å². The fourth-order valence-electron chi connectivity index (χ4n) is 1.55. The van der Waals surface area contributed by atoms with Gasteiger partial charge in [0.25, 0.3) is 0 Å². The van der Waals surface area contributed by atoms with Gasteiger partial charge >= 0.3 is 0 Å². The molecule has 0 fully saturated rings. The molecule has 3 heteroatoms. The molecule has 0 aliphatic heterocycles. The van der Waals surface area contributed by atoms with Gasteiger partial charge in [-0.05, 0) is 19.1 Å². The molecular weight excluding hydrogens is 212 g/mol. The predicted molar refractivity (Wildman–Crippen MR) is 66.6 cm³/mol. The molecule has 2 aromatic rings. The number of aliphatic hydroxyl groups is 1. The standard InChI is InChI=1S/C14H14N2O/c1-2-3-9-14(17)12-10-15-16(11-12)13-7-5-4-6-8-13/h4-8,10-11,14,17H,9H2,1H3. The second kappa shape index (κ2) is 5.33. The highest BCUT2D eigenvalue weighted by Gasteiger charge is 2.09. The van der Waals surface area contributed by atoms with Gasteiger partial charge in [-0.2, -0.15) is 5.10 Å². The van der Waals surface area contributed by atoms with Gasteiger partial charge < -0.3 is 5.11 Å². The minimum atomic E-state index is -0.570. The van der Waals surface area contributed by atoms with Crippen LogP contribution in [-0.2, 0) is 0 Å². The molecule has 0 saturated carbocycles. The van der Waals surface area contributed by atoms with E-state index in [4.69, 9.17) is 0 Å². The Balaban J connectivity index is 2.18. The third-order valence-corrected chi connectivity index (χ3v) is 2.48. The second-order valence-electron chi connectivity index (χ2n) is 3.70. The van der Waals surface area contributed by atoms with Gasteiger partial charge in [0.05, 0.1) is 18.0 Å². The Kier molecular flexibility index (Phi) is 3.59. The number of rotatable bonds is 3. The van der Waals surface area contributed by atoms with Crippen molar-refractivity contribution in [2.75, 3.05) is 0 Å². The van der Waals surface area contributed by atoms with E-state index in [0.29, 0.717) is 6.42 Å². The number of benzene rings is 1. The molecule has 0 saturated heterocycles. The zero-order chi connectivity index (χ0) is 12.1. The van der Waals surface area contributed by atoms with Gasteiger partial charge in [-0.15, -0.1) is 11.8 Å². The van der Waals surface area contributed by atoms with Gasteiger partial charge in [0.1, 0.15) is 0 Å². The Morgan fingerprint density at radius 3 is 2.82 bits per heavy atom. The van der Waals surface area contributed by atoms with Crippen molar-refractivity contribution >= 4 is 0 Å². The first kappa shape index (κ1) is 11.4. The lowest BCUT2D eigenvalue weighted by atomic mass is 10.1. The number of aromatic nitrogens is 2. The molecule has 17 heavy (non-hydrogen) atoms. The molecule has 1 aromatic carbocycles. The van der Waals surface area contributed by atoms with Crippen LogP contribution in [0.5, 0.6) is 0 Å². The van der Waals surface area contributed by atoms with E-state index in [1.54, 1.807) is 17.8 Å². The lowest BCUT2D eigenvalue weighted by molar-refractivity contribution is 0.184. The lowest BCUT2D eigenvalue weighted by Gasteiger charge is -2.02. The van der Waals surface area contributed by atoms with Gasteiger partial charge in [-0.3, -0.25) is 0 Å². The Hall–Kier alpha value is -2.05. The monoisotopic (exact) mass is 226 g/mol. The zero-order valence-corrected chi connectivity index (χ0v) is 9.67. The van der Waals surface area contributed by atoms with E-state index in [1.165, 1.54) is 0 Å². The largest absolute Gasteiger partial charge is 0.387 e. The summed E-state index contributed by atoms with van der Waals surface area (Å²) in [4.78, 5) is 0. The fraction of sp³-hybridized carbons (Fsp3) is 0.214. The van der Waals surface area contributed by atoms with E-state index in [-0.39, 0.29) is 0 Å². The zero-order valence-electron chi connectivity index (χ0n) is 9.67. The minimum absolute atomic E-state index is 0.441. The van der Waals surface area contributed by atoms with Gasteiger partial charge in [-0.1, -0.05) is 18.2 Å². The van der Waals surface area contributed by atoms with Crippen LogP contribution < -0.4 is 0 Å². The van der Waals surface area contributed by atoms with Crippen LogP contribution in [0.15, 0.2) is 42.7 Å². The molecule has 1 N–H and O–H groups in total. The van der Waals surface area contributed by atoms with Crippen molar-refractivity contribution in [3.63, 3.8) is 0 Å². The van der Waals surface area contributed by atoms with E-state index < -0.39 is 6.10 Å². The van der Waals surface area contributed by atoms with Crippen molar-refractivity contribution in [3.8, 4) is 17.5 Å². The second-order valence-corrected chi connectivity index (χ2v) is 3.70. The summed E-state index contributed by atoms with van der Waals surface area (Å²) in [5, 5.41) is 14.1. The average molecular weight is 226 g/mol. The van der Waals surface area contributed by atoms with Crippen molar-refractivity contribution in [1.29, 1.82) is 0 Å². The number of hydrogen-bond acceptors (Lipinski definition) is 2. The molecule has 1 heterocycles. The summed E-state index contributed by atoms with van der Waals surface area (Å²) in [5.41, 5.74) is 1.77. The molecule has 0 bridgehead atoms. The van der Waals surface area contributed by atoms with Crippen LogP contribution >= 0.6 is 0 Å². The molecule has 1 aromatic heterocycles. The average Bonchev–Trinajstić information content (AvgIpc) is 2.86. The molecule has 0 amide bonds. The summed E-state index contributed by atoms with van der Waals surface area (Å²) in [7, 11) is 0. The summed E-state index contributed by atoms with van der Waals surface area (Å²) in [5.74, 6) is 5.63. The first-order valence-electron chi connectivity index (χ1n) is 5.49. The molecule has 1 unspecified atom stereocenters. The maximum atomic E-state index is 9.86. The van der Waals surface area contributed by atoms with Crippen molar-refractivity contribution in [2.24, 2.45) is 0 Å². The SMILES string of the molecule is CC#CCC(O)c1cnn(-c2ccccc2)c1. The molecule has 2 rings (SSSR count). The van der Waals surface area contributed by atoms with Crippen LogP contribution in [0.2, 0.25) is 0 Å². The van der Waals surface area contributed by atoms with Crippen LogP contribution in [0.4, 0.5) is 0 Å². The van der Waals surface area contributed by atoms with E-state index in [2.05, 4.69) is 16.9 Å². The van der Waals surface area contributed by atoms with Crippen LogP contribution in [0.3, 0.4) is 0 Å². The quantitative estimate of drug-likeness (QED) is 0.816. The highest BCUT2D eigenvalue weighted by Crippen LogP contribution is 2.16. The van der Waals surface area contributed by atoms with E-state index in [9.17, 15) is 5.11 Å². The highest BCUT2D eigenvalue weighted by atomic mass is 16.3. The van der Waals surface area contributed by atoms with E-state index in [0.717, 1.165) is 11.3 Å². The number of para-hydroxylation sites is 1. The third kappa shape index (κ3) is 2.74. The van der Waals surface area contributed by atoms with Crippen molar-refractivity contribution in [1.82, 2.24) is 9.78 Å². The highest BCUT2D eigenvalue weighted by molar-refractivity contribution is 5.31. The van der Waals surface area contributed by atoms with E-state index in [1.807, 2.05) is 36.5 Å². The van der Waals surface area contributed by atoms with Gasteiger partial charge in [0.15, 0.2) is 0 Å². The number of aliphatic hydroxyl groups excluding tert-OH is 1. The lowest BCUT2D eigenvalue weighted by Crippen LogP contribution is -1.95. The first-order chi connectivity index (χ1) is 8.31. The maximum Gasteiger partial charge on any atom is 0.0929 e. The van der Waals surface area contributed by atoms with Crippen LogP contribution in [0.25, 0.3) is 5.69 Å². The summed E-state index contributed by atoms with van der Waals surface area (Å²) in [6.45, 7) is 1.76. The minimum Gasteiger partial charge on any atom is -0.387 e. The smallest absolute Gasteiger partial charge is 0.0929 e. The molecule has 0 aliphatic carbocycles. The molecule has 0 radical (unpaired) electrons. The van der Waals surface area contributed by atoms with Gasteiger partial charge in [0, 0.05) is 18.2 Å². The van der Waals surface area contributed by atoms with Crippen LogP contribution in [0, 0.1) is 11.8 Å². The maximum absolute atomic E-state index is 9.86. The molecule has 0 aliphatic rings. The van der Waals surface area contributed by atoms with Gasteiger partial charge in [0.2, 0.25) is 0 Å².